The SMILES string of the molecule is CCNCC1CCCN(S(=O)(=O)NC(C)C2CC2)C1. The topological polar surface area (TPSA) is 61.4 Å². The van der Waals surface area contributed by atoms with E-state index in [0.29, 0.717) is 24.9 Å². The number of hydrogen-bond acceptors (Lipinski definition) is 3. The molecule has 2 unspecified atom stereocenters. The van der Waals surface area contributed by atoms with Crippen LogP contribution in [0.25, 0.3) is 0 Å². The van der Waals surface area contributed by atoms with Gasteiger partial charge < -0.3 is 5.32 Å². The normalized spacial score (nSPS) is 27.4. The van der Waals surface area contributed by atoms with Crippen LogP contribution in [-0.4, -0.2) is 44.9 Å². The first-order chi connectivity index (χ1) is 9.03. The third-order valence-corrected chi connectivity index (χ3v) is 5.85. The minimum atomic E-state index is -3.29. The summed E-state index contributed by atoms with van der Waals surface area (Å²) in [6.07, 6.45) is 4.41. The second kappa shape index (κ2) is 6.52. The van der Waals surface area contributed by atoms with Gasteiger partial charge in [0.25, 0.3) is 10.2 Å². The highest BCUT2D eigenvalue weighted by Crippen LogP contribution is 2.33. The van der Waals surface area contributed by atoms with Gasteiger partial charge in [0.15, 0.2) is 0 Å². The molecule has 1 aliphatic carbocycles. The third-order valence-electron chi connectivity index (χ3n) is 4.17. The van der Waals surface area contributed by atoms with Gasteiger partial charge in [0.05, 0.1) is 0 Å². The van der Waals surface area contributed by atoms with Crippen molar-refractivity contribution in [3.63, 3.8) is 0 Å². The van der Waals surface area contributed by atoms with Gasteiger partial charge in [0.1, 0.15) is 0 Å². The van der Waals surface area contributed by atoms with Crippen LogP contribution in [0.15, 0.2) is 0 Å². The minimum absolute atomic E-state index is 0.0825. The summed E-state index contributed by atoms with van der Waals surface area (Å²) in [6, 6.07) is 0.0825. The average molecular weight is 289 g/mol. The highest BCUT2D eigenvalue weighted by Gasteiger charge is 2.34. The summed E-state index contributed by atoms with van der Waals surface area (Å²) in [4.78, 5) is 0. The molecule has 0 aromatic heterocycles. The minimum Gasteiger partial charge on any atom is -0.317 e. The van der Waals surface area contributed by atoms with E-state index < -0.39 is 10.2 Å². The number of nitrogens with zero attached hydrogens (tertiary/aromatic N) is 1. The molecule has 1 aliphatic heterocycles. The van der Waals surface area contributed by atoms with Crippen LogP contribution in [0.3, 0.4) is 0 Å². The first-order valence-corrected chi connectivity index (χ1v) is 8.95. The first-order valence-electron chi connectivity index (χ1n) is 7.51. The second-order valence-corrected chi connectivity index (χ2v) is 7.63. The Hall–Kier alpha value is -0.170. The van der Waals surface area contributed by atoms with Crippen LogP contribution in [-0.2, 0) is 10.2 Å². The molecule has 1 saturated carbocycles. The number of nitrogens with one attached hydrogen (secondary N) is 2. The maximum atomic E-state index is 12.3. The lowest BCUT2D eigenvalue weighted by Gasteiger charge is -2.32. The number of piperidine rings is 1. The van der Waals surface area contributed by atoms with Crippen LogP contribution in [0.5, 0.6) is 0 Å². The fraction of sp³-hybridized carbons (Fsp3) is 1.00. The Morgan fingerprint density at radius 2 is 2.05 bits per heavy atom. The molecule has 1 saturated heterocycles. The highest BCUT2D eigenvalue weighted by atomic mass is 32.2. The predicted molar refractivity (Wildman–Crippen MR) is 77.1 cm³/mol. The van der Waals surface area contributed by atoms with Gasteiger partial charge >= 0.3 is 0 Å². The zero-order valence-corrected chi connectivity index (χ0v) is 12.9. The molecule has 2 fully saturated rings. The Bertz CT molecular complexity index is 381. The third kappa shape index (κ3) is 4.41. The van der Waals surface area contributed by atoms with Crippen molar-refractivity contribution in [3.8, 4) is 0 Å². The van der Waals surface area contributed by atoms with E-state index in [2.05, 4.69) is 17.0 Å². The van der Waals surface area contributed by atoms with Crippen LogP contribution in [0.4, 0.5) is 0 Å². The maximum Gasteiger partial charge on any atom is 0.279 e. The molecule has 2 rings (SSSR count). The zero-order valence-electron chi connectivity index (χ0n) is 12.1. The molecule has 0 radical (unpaired) electrons. The van der Waals surface area contributed by atoms with Crippen molar-refractivity contribution < 1.29 is 8.42 Å². The molecule has 2 aliphatic rings. The molecule has 2 atom stereocenters. The van der Waals surface area contributed by atoms with Gasteiger partial charge in [-0.05, 0) is 57.5 Å². The van der Waals surface area contributed by atoms with E-state index >= 15 is 0 Å². The number of hydrogen-bond donors (Lipinski definition) is 2. The largest absolute Gasteiger partial charge is 0.317 e. The molecule has 1 heterocycles. The van der Waals surface area contributed by atoms with Crippen LogP contribution in [0.1, 0.15) is 39.5 Å². The van der Waals surface area contributed by atoms with Crippen LogP contribution < -0.4 is 10.0 Å². The van der Waals surface area contributed by atoms with Crippen molar-refractivity contribution in [3.05, 3.63) is 0 Å². The Morgan fingerprint density at radius 1 is 1.32 bits per heavy atom. The molecule has 5 nitrogen and oxygen atoms in total. The van der Waals surface area contributed by atoms with Crippen molar-refractivity contribution in [1.29, 1.82) is 0 Å². The van der Waals surface area contributed by atoms with Crippen molar-refractivity contribution in [2.75, 3.05) is 26.2 Å². The fourth-order valence-electron chi connectivity index (χ4n) is 2.76. The fourth-order valence-corrected chi connectivity index (χ4v) is 4.35. The summed E-state index contributed by atoms with van der Waals surface area (Å²) in [5.74, 6) is 0.999. The van der Waals surface area contributed by atoms with E-state index in [4.69, 9.17) is 0 Å². The standard InChI is InChI=1S/C13H27N3O2S/c1-3-14-9-12-5-4-8-16(10-12)19(17,18)15-11(2)13-6-7-13/h11-15H,3-10H2,1-2H3. The van der Waals surface area contributed by atoms with Gasteiger partial charge in [0.2, 0.25) is 0 Å². The van der Waals surface area contributed by atoms with Crippen molar-refractivity contribution in [2.45, 2.75) is 45.6 Å². The van der Waals surface area contributed by atoms with Gasteiger partial charge in [0, 0.05) is 19.1 Å². The lowest BCUT2D eigenvalue weighted by atomic mass is 10.00. The summed E-state index contributed by atoms with van der Waals surface area (Å²) in [7, 11) is -3.29. The average Bonchev–Trinajstić information content (AvgIpc) is 3.20. The molecule has 0 spiro atoms. The first kappa shape index (κ1) is 15.2. The molecule has 0 aromatic carbocycles. The Morgan fingerprint density at radius 3 is 2.68 bits per heavy atom. The summed E-state index contributed by atoms with van der Waals surface area (Å²) in [5, 5.41) is 3.32. The van der Waals surface area contributed by atoms with E-state index in [1.807, 2.05) is 6.92 Å². The van der Waals surface area contributed by atoms with E-state index in [1.54, 1.807) is 4.31 Å². The summed E-state index contributed by atoms with van der Waals surface area (Å²) in [5.41, 5.74) is 0. The smallest absolute Gasteiger partial charge is 0.279 e. The lowest BCUT2D eigenvalue weighted by Crippen LogP contribution is -2.50. The van der Waals surface area contributed by atoms with E-state index in [-0.39, 0.29) is 6.04 Å². The van der Waals surface area contributed by atoms with E-state index in [9.17, 15) is 8.42 Å². The molecule has 0 aromatic rings. The summed E-state index contributed by atoms with van der Waals surface area (Å²) >= 11 is 0. The molecular formula is C13H27N3O2S. The summed E-state index contributed by atoms with van der Waals surface area (Å²) < 4.78 is 29.2. The molecule has 0 amide bonds. The quantitative estimate of drug-likeness (QED) is 0.733. The van der Waals surface area contributed by atoms with Gasteiger partial charge in [-0.3, -0.25) is 0 Å². The lowest BCUT2D eigenvalue weighted by molar-refractivity contribution is 0.257. The Balaban J connectivity index is 1.87. The van der Waals surface area contributed by atoms with E-state index in [1.165, 1.54) is 0 Å². The van der Waals surface area contributed by atoms with Crippen LogP contribution in [0, 0.1) is 11.8 Å². The zero-order chi connectivity index (χ0) is 13.9. The van der Waals surface area contributed by atoms with E-state index in [0.717, 1.165) is 38.8 Å². The molecular weight excluding hydrogens is 262 g/mol. The molecule has 0 bridgehead atoms. The Labute approximate surface area is 117 Å². The van der Waals surface area contributed by atoms with Gasteiger partial charge in [-0.15, -0.1) is 0 Å². The van der Waals surface area contributed by atoms with Gasteiger partial charge in [-0.25, -0.2) is 0 Å². The van der Waals surface area contributed by atoms with Gasteiger partial charge in [-0.2, -0.15) is 17.4 Å². The van der Waals surface area contributed by atoms with Crippen molar-refractivity contribution in [1.82, 2.24) is 14.3 Å². The number of rotatable bonds is 7. The Kier molecular flexibility index (Phi) is 5.22. The van der Waals surface area contributed by atoms with Crippen LogP contribution in [0.2, 0.25) is 0 Å². The summed E-state index contributed by atoms with van der Waals surface area (Å²) in [6.45, 7) is 7.24. The van der Waals surface area contributed by atoms with Crippen LogP contribution >= 0.6 is 0 Å². The second-order valence-electron chi connectivity index (χ2n) is 5.92. The van der Waals surface area contributed by atoms with Crippen molar-refractivity contribution in [2.24, 2.45) is 11.8 Å². The maximum absolute atomic E-state index is 12.3. The molecule has 2 N–H and O–H groups in total. The highest BCUT2D eigenvalue weighted by molar-refractivity contribution is 7.87. The molecule has 6 heteroatoms. The monoisotopic (exact) mass is 289 g/mol. The van der Waals surface area contributed by atoms with Crippen molar-refractivity contribution >= 4 is 10.2 Å². The molecule has 112 valence electrons. The predicted octanol–water partition coefficient (Wildman–Crippen LogP) is 0.941. The van der Waals surface area contributed by atoms with Gasteiger partial charge in [-0.1, -0.05) is 6.92 Å². The molecule has 19 heavy (non-hydrogen) atoms.